The normalized spacial score (nSPS) is 10.6. The van der Waals surface area contributed by atoms with Gasteiger partial charge in [-0.15, -0.1) is 5.10 Å². The topological polar surface area (TPSA) is 73.0 Å². The summed E-state index contributed by atoms with van der Waals surface area (Å²) in [4.78, 5) is 12.2. The third-order valence-electron chi connectivity index (χ3n) is 3.19. The highest BCUT2D eigenvalue weighted by Crippen LogP contribution is 2.21. The first-order valence-corrected chi connectivity index (χ1v) is 7.44. The zero-order chi connectivity index (χ0) is 15.5. The van der Waals surface area contributed by atoms with Crippen molar-refractivity contribution in [2.75, 3.05) is 0 Å². The van der Waals surface area contributed by atoms with E-state index in [9.17, 15) is 4.79 Å². The van der Waals surface area contributed by atoms with Crippen LogP contribution in [-0.4, -0.2) is 20.9 Å². The smallest absolute Gasteiger partial charge is 0.274 e. The van der Waals surface area contributed by atoms with Gasteiger partial charge in [0.15, 0.2) is 5.69 Å². The van der Waals surface area contributed by atoms with E-state index in [1.54, 1.807) is 30.0 Å². The van der Waals surface area contributed by atoms with Crippen molar-refractivity contribution in [3.05, 3.63) is 64.3 Å². The van der Waals surface area contributed by atoms with E-state index < -0.39 is 0 Å². The molecule has 0 saturated heterocycles. The maximum Gasteiger partial charge on any atom is 0.274 e. The molecule has 0 unspecified atom stereocenters. The molecule has 0 radical (unpaired) electrons. The van der Waals surface area contributed by atoms with Crippen molar-refractivity contribution in [3.63, 3.8) is 0 Å². The van der Waals surface area contributed by atoms with Gasteiger partial charge < -0.3 is 9.73 Å². The van der Waals surface area contributed by atoms with E-state index in [2.05, 4.69) is 31.6 Å². The van der Waals surface area contributed by atoms with E-state index in [1.165, 1.54) is 0 Å². The number of para-hydroxylation sites is 1. The molecule has 2 aromatic heterocycles. The Bertz CT molecular complexity index is 796. The Morgan fingerprint density at radius 1 is 1.32 bits per heavy atom. The van der Waals surface area contributed by atoms with Crippen LogP contribution in [0.1, 0.15) is 21.9 Å². The Balaban J connectivity index is 1.81. The largest absolute Gasteiger partial charge is 0.467 e. The fourth-order valence-corrected chi connectivity index (χ4v) is 2.51. The molecule has 7 heteroatoms. The lowest BCUT2D eigenvalue weighted by Crippen LogP contribution is -2.23. The number of amides is 1. The van der Waals surface area contributed by atoms with E-state index in [-0.39, 0.29) is 5.91 Å². The number of rotatable bonds is 4. The molecular weight excluding hydrogens is 348 g/mol. The molecule has 2 heterocycles. The minimum Gasteiger partial charge on any atom is -0.467 e. The fraction of sp³-hybridized carbons (Fsp3) is 0.133. The summed E-state index contributed by atoms with van der Waals surface area (Å²) in [6.07, 6.45) is 1.57. The summed E-state index contributed by atoms with van der Waals surface area (Å²) in [5.74, 6) is 0.399. The second-order valence-corrected chi connectivity index (χ2v) is 5.50. The van der Waals surface area contributed by atoms with Crippen molar-refractivity contribution in [1.29, 1.82) is 0 Å². The van der Waals surface area contributed by atoms with E-state index in [1.807, 2.05) is 24.3 Å². The monoisotopic (exact) mass is 360 g/mol. The summed E-state index contributed by atoms with van der Waals surface area (Å²) in [7, 11) is 0. The highest BCUT2D eigenvalue weighted by atomic mass is 79.9. The molecule has 1 N–H and O–H groups in total. The van der Waals surface area contributed by atoms with Crippen molar-refractivity contribution < 1.29 is 9.21 Å². The van der Waals surface area contributed by atoms with Crippen LogP contribution in [0.3, 0.4) is 0 Å². The Kier molecular flexibility index (Phi) is 4.06. The predicted molar refractivity (Wildman–Crippen MR) is 83.7 cm³/mol. The maximum atomic E-state index is 12.2. The molecule has 0 bridgehead atoms. The van der Waals surface area contributed by atoms with Gasteiger partial charge in [-0.25, -0.2) is 4.68 Å². The van der Waals surface area contributed by atoms with Gasteiger partial charge in [-0.1, -0.05) is 17.3 Å². The number of furan rings is 1. The average molecular weight is 361 g/mol. The Labute approximate surface area is 135 Å². The van der Waals surface area contributed by atoms with Crippen molar-refractivity contribution in [1.82, 2.24) is 20.3 Å². The van der Waals surface area contributed by atoms with Gasteiger partial charge in [0.1, 0.15) is 5.76 Å². The molecule has 112 valence electrons. The molecule has 6 nitrogen and oxygen atoms in total. The van der Waals surface area contributed by atoms with Crippen molar-refractivity contribution in [2.45, 2.75) is 13.5 Å². The maximum absolute atomic E-state index is 12.2. The van der Waals surface area contributed by atoms with Crippen LogP contribution in [0, 0.1) is 6.92 Å². The van der Waals surface area contributed by atoms with Crippen molar-refractivity contribution in [3.8, 4) is 5.69 Å². The number of carbonyl (C=O) groups is 1. The first kappa shape index (κ1) is 14.5. The van der Waals surface area contributed by atoms with Gasteiger partial charge in [0.05, 0.1) is 24.2 Å². The number of hydrogen-bond donors (Lipinski definition) is 1. The summed E-state index contributed by atoms with van der Waals surface area (Å²) in [5.41, 5.74) is 1.80. The van der Waals surface area contributed by atoms with Crippen LogP contribution in [0.4, 0.5) is 0 Å². The first-order valence-electron chi connectivity index (χ1n) is 6.64. The summed E-state index contributed by atoms with van der Waals surface area (Å²) in [6.45, 7) is 2.12. The number of aromatic nitrogens is 3. The lowest BCUT2D eigenvalue weighted by atomic mass is 10.3. The molecule has 0 fully saturated rings. The molecular formula is C15H13BrN4O2. The highest BCUT2D eigenvalue weighted by molar-refractivity contribution is 9.10. The van der Waals surface area contributed by atoms with Crippen LogP contribution >= 0.6 is 15.9 Å². The van der Waals surface area contributed by atoms with E-state index >= 15 is 0 Å². The van der Waals surface area contributed by atoms with Crippen LogP contribution in [0.5, 0.6) is 0 Å². The van der Waals surface area contributed by atoms with Gasteiger partial charge in [-0.3, -0.25) is 4.79 Å². The lowest BCUT2D eigenvalue weighted by molar-refractivity contribution is 0.0942. The second kappa shape index (κ2) is 6.15. The van der Waals surface area contributed by atoms with Crippen molar-refractivity contribution >= 4 is 21.8 Å². The molecule has 3 rings (SSSR count). The van der Waals surface area contributed by atoms with E-state index in [4.69, 9.17) is 4.42 Å². The SMILES string of the molecule is Cc1c(C(=O)NCc2ccco2)nnn1-c1ccccc1Br. The zero-order valence-electron chi connectivity index (χ0n) is 11.8. The number of benzene rings is 1. The quantitative estimate of drug-likeness (QED) is 0.776. The third-order valence-corrected chi connectivity index (χ3v) is 3.86. The molecule has 3 aromatic rings. The predicted octanol–water partition coefficient (Wildman–Crippen LogP) is 2.86. The Morgan fingerprint density at radius 3 is 2.86 bits per heavy atom. The fourth-order valence-electron chi connectivity index (χ4n) is 2.06. The lowest BCUT2D eigenvalue weighted by Gasteiger charge is -2.06. The summed E-state index contributed by atoms with van der Waals surface area (Å²) in [5, 5.41) is 10.8. The summed E-state index contributed by atoms with van der Waals surface area (Å²) >= 11 is 3.47. The Hall–Kier alpha value is -2.41. The molecule has 1 amide bonds. The first-order chi connectivity index (χ1) is 10.7. The highest BCUT2D eigenvalue weighted by Gasteiger charge is 2.18. The van der Waals surface area contributed by atoms with Gasteiger partial charge >= 0.3 is 0 Å². The van der Waals surface area contributed by atoms with Gasteiger partial charge in [-0.05, 0) is 47.1 Å². The van der Waals surface area contributed by atoms with Crippen LogP contribution in [-0.2, 0) is 6.54 Å². The number of hydrogen-bond acceptors (Lipinski definition) is 4. The molecule has 0 aliphatic heterocycles. The minimum absolute atomic E-state index is 0.285. The van der Waals surface area contributed by atoms with Crippen molar-refractivity contribution in [2.24, 2.45) is 0 Å². The standard InChI is InChI=1S/C15H13BrN4O2/c1-10-14(15(21)17-9-11-5-4-8-22-11)18-19-20(10)13-7-3-2-6-12(13)16/h2-8H,9H2,1H3,(H,17,21). The molecule has 0 aliphatic rings. The minimum atomic E-state index is -0.285. The zero-order valence-corrected chi connectivity index (χ0v) is 13.4. The summed E-state index contributed by atoms with van der Waals surface area (Å²) in [6, 6.07) is 11.2. The number of carbonyl (C=O) groups excluding carboxylic acids is 1. The number of nitrogens with zero attached hydrogens (tertiary/aromatic N) is 3. The molecule has 22 heavy (non-hydrogen) atoms. The van der Waals surface area contributed by atoms with Gasteiger partial charge in [-0.2, -0.15) is 0 Å². The summed E-state index contributed by atoms with van der Waals surface area (Å²) < 4.78 is 7.69. The Morgan fingerprint density at radius 2 is 2.14 bits per heavy atom. The van der Waals surface area contributed by atoms with Gasteiger partial charge in [0, 0.05) is 4.47 Å². The van der Waals surface area contributed by atoms with E-state index in [0.29, 0.717) is 23.7 Å². The molecule has 0 spiro atoms. The average Bonchev–Trinajstić information content (AvgIpc) is 3.15. The van der Waals surface area contributed by atoms with Gasteiger partial charge in [0.25, 0.3) is 5.91 Å². The third kappa shape index (κ3) is 2.80. The van der Waals surface area contributed by atoms with Crippen LogP contribution < -0.4 is 5.32 Å². The molecule has 1 aromatic carbocycles. The second-order valence-electron chi connectivity index (χ2n) is 4.65. The van der Waals surface area contributed by atoms with Gasteiger partial charge in [0.2, 0.25) is 0 Å². The molecule has 0 atom stereocenters. The molecule has 0 saturated carbocycles. The number of halogens is 1. The van der Waals surface area contributed by atoms with Crippen LogP contribution in [0.15, 0.2) is 51.6 Å². The van der Waals surface area contributed by atoms with E-state index in [0.717, 1.165) is 10.2 Å². The van der Waals surface area contributed by atoms with Crippen LogP contribution in [0.25, 0.3) is 5.69 Å². The number of nitrogens with one attached hydrogen (secondary N) is 1. The van der Waals surface area contributed by atoms with Crippen LogP contribution in [0.2, 0.25) is 0 Å². The molecule has 0 aliphatic carbocycles.